The lowest BCUT2D eigenvalue weighted by Crippen LogP contribution is -2.46. The third-order valence-electron chi connectivity index (χ3n) is 4.75. The van der Waals surface area contributed by atoms with E-state index < -0.39 is 55.0 Å². The van der Waals surface area contributed by atoms with Crippen molar-refractivity contribution in [2.75, 3.05) is 0 Å². The van der Waals surface area contributed by atoms with Gasteiger partial charge in [-0.15, -0.1) is 0 Å². The summed E-state index contributed by atoms with van der Waals surface area (Å²) in [5.41, 5.74) is -0.0747. The summed E-state index contributed by atoms with van der Waals surface area (Å²) in [5, 5.41) is 12.1. The van der Waals surface area contributed by atoms with Gasteiger partial charge in [-0.25, -0.2) is 18.0 Å². The van der Waals surface area contributed by atoms with Crippen LogP contribution in [0.15, 0.2) is 30.3 Å². The van der Waals surface area contributed by atoms with Crippen LogP contribution in [-0.4, -0.2) is 30.1 Å². The molecule has 0 radical (unpaired) electrons. The summed E-state index contributed by atoms with van der Waals surface area (Å²) in [5.74, 6) is -4.72. The zero-order chi connectivity index (χ0) is 22.0. The van der Waals surface area contributed by atoms with E-state index >= 15 is 0 Å². The van der Waals surface area contributed by atoms with Gasteiger partial charge in [0, 0.05) is 17.1 Å². The first-order valence-corrected chi connectivity index (χ1v) is 9.21. The number of rotatable bonds is 6. The summed E-state index contributed by atoms with van der Waals surface area (Å²) in [7, 11) is -1.47. The Labute approximate surface area is 171 Å². The van der Waals surface area contributed by atoms with Gasteiger partial charge in [-0.3, -0.25) is 4.79 Å². The highest BCUT2D eigenvalue weighted by molar-refractivity contribution is 6.61. The second-order valence-electron chi connectivity index (χ2n) is 7.20. The van der Waals surface area contributed by atoms with Crippen molar-refractivity contribution in [1.29, 1.82) is 0 Å². The average Bonchev–Trinajstić information content (AvgIpc) is 3.06. The van der Waals surface area contributed by atoms with Crippen LogP contribution in [0.5, 0.6) is 0 Å². The van der Waals surface area contributed by atoms with Gasteiger partial charge in [0.1, 0.15) is 30.1 Å². The van der Waals surface area contributed by atoms with Crippen LogP contribution < -0.4 is 10.8 Å². The molecule has 0 bridgehead atoms. The van der Waals surface area contributed by atoms with E-state index in [0.717, 1.165) is 12.1 Å². The maximum Gasteiger partial charge on any atom is 0.494 e. The number of ether oxygens (including phenoxy) is 1. The Morgan fingerprint density at radius 2 is 1.97 bits per heavy atom. The quantitative estimate of drug-likeness (QED) is 0.549. The zero-order valence-corrected chi connectivity index (χ0v) is 16.2. The topological polar surface area (TPSA) is 84.9 Å². The molecular weight excluding hydrogens is 402 g/mol. The largest absolute Gasteiger partial charge is 0.494 e. The van der Waals surface area contributed by atoms with Crippen molar-refractivity contribution in [1.82, 2.24) is 5.32 Å². The van der Waals surface area contributed by atoms with Crippen LogP contribution in [0.1, 0.15) is 35.3 Å². The van der Waals surface area contributed by atoms with Gasteiger partial charge >= 0.3 is 13.1 Å². The third kappa shape index (κ3) is 4.49. The Morgan fingerprint density at radius 3 is 2.63 bits per heavy atom. The summed E-state index contributed by atoms with van der Waals surface area (Å²) in [6.45, 7) is 2.85. The van der Waals surface area contributed by atoms with Crippen molar-refractivity contribution in [3.8, 4) is 0 Å². The fourth-order valence-electron chi connectivity index (χ4n) is 3.05. The van der Waals surface area contributed by atoms with Gasteiger partial charge in [0.15, 0.2) is 0 Å². The first-order valence-electron chi connectivity index (χ1n) is 9.21. The van der Waals surface area contributed by atoms with Gasteiger partial charge in [0.05, 0.1) is 12.2 Å². The number of carbonyl (C=O) groups is 2. The minimum absolute atomic E-state index is 0.0240. The number of benzene rings is 2. The third-order valence-corrected chi connectivity index (χ3v) is 4.75. The van der Waals surface area contributed by atoms with Crippen LogP contribution >= 0.6 is 0 Å². The van der Waals surface area contributed by atoms with Crippen molar-refractivity contribution in [2.45, 2.75) is 33.1 Å². The number of carbonyl (C=O) groups excluding carboxylic acids is 2. The van der Waals surface area contributed by atoms with E-state index in [9.17, 15) is 27.8 Å². The van der Waals surface area contributed by atoms with Crippen LogP contribution in [0, 0.1) is 23.4 Å². The molecule has 0 aliphatic carbocycles. The molecule has 0 saturated heterocycles. The molecule has 0 saturated carbocycles. The first kappa shape index (κ1) is 21.9. The van der Waals surface area contributed by atoms with E-state index in [2.05, 4.69) is 5.32 Å². The fourth-order valence-corrected chi connectivity index (χ4v) is 3.05. The molecule has 30 heavy (non-hydrogen) atoms. The summed E-state index contributed by atoms with van der Waals surface area (Å²) < 4.78 is 51.4. The molecule has 2 aromatic carbocycles. The van der Waals surface area contributed by atoms with Crippen LogP contribution in [-0.2, 0) is 27.4 Å². The van der Waals surface area contributed by atoms with E-state index in [1.165, 1.54) is 12.1 Å². The Balaban J connectivity index is 1.71. The minimum Gasteiger partial charge on any atom is -0.459 e. The lowest BCUT2D eigenvalue weighted by Gasteiger charge is -2.21. The molecule has 1 amide bonds. The summed E-state index contributed by atoms with van der Waals surface area (Å²) in [4.78, 5) is 25.0. The molecule has 1 atom stereocenters. The average molecular weight is 421 g/mol. The highest BCUT2D eigenvalue weighted by Crippen LogP contribution is 2.17. The molecule has 6 nitrogen and oxygen atoms in total. The van der Waals surface area contributed by atoms with Crippen LogP contribution in [0.25, 0.3) is 0 Å². The summed E-state index contributed by atoms with van der Waals surface area (Å²) in [6, 6.07) is 4.40. The molecule has 2 N–H and O–H groups in total. The normalized spacial score (nSPS) is 13.9. The molecule has 1 aliphatic heterocycles. The first-order chi connectivity index (χ1) is 14.2. The summed E-state index contributed by atoms with van der Waals surface area (Å²) in [6.07, 6.45) is 0. The number of esters is 1. The van der Waals surface area contributed by atoms with Gasteiger partial charge in [0.2, 0.25) is 0 Å². The predicted molar refractivity (Wildman–Crippen MR) is 101 cm³/mol. The SMILES string of the molecule is CC(C)C(NC(=O)c1ccc2c(c1F)B(O)OC2)C(=O)OCc1ccc(F)cc1F. The molecule has 1 aliphatic rings. The van der Waals surface area contributed by atoms with Crippen molar-refractivity contribution in [2.24, 2.45) is 5.92 Å². The number of fused-ring (bicyclic) bond motifs is 1. The monoisotopic (exact) mass is 421 g/mol. The fraction of sp³-hybridized carbons (Fsp3) is 0.300. The van der Waals surface area contributed by atoms with Crippen LogP contribution in [0.2, 0.25) is 0 Å². The van der Waals surface area contributed by atoms with Crippen molar-refractivity contribution >= 4 is 24.5 Å². The molecule has 3 rings (SSSR count). The van der Waals surface area contributed by atoms with Gasteiger partial charge in [-0.05, 0) is 29.7 Å². The van der Waals surface area contributed by atoms with E-state index in [1.54, 1.807) is 13.8 Å². The van der Waals surface area contributed by atoms with Crippen LogP contribution in [0.3, 0.4) is 0 Å². The summed E-state index contributed by atoms with van der Waals surface area (Å²) >= 11 is 0. The van der Waals surface area contributed by atoms with E-state index in [4.69, 9.17) is 9.39 Å². The molecule has 2 aromatic rings. The number of nitrogens with one attached hydrogen (secondary N) is 1. The highest BCUT2D eigenvalue weighted by atomic mass is 19.1. The maximum atomic E-state index is 14.7. The number of halogens is 3. The lowest BCUT2D eigenvalue weighted by atomic mass is 9.78. The second kappa shape index (κ2) is 8.89. The van der Waals surface area contributed by atoms with Gasteiger partial charge < -0.3 is 19.7 Å². The van der Waals surface area contributed by atoms with E-state index in [0.29, 0.717) is 11.6 Å². The standard InChI is InChI=1S/C20H19BF3NO5/c1-10(2)18(20(27)29-8-11-3-5-13(22)7-15(11)23)25-19(26)14-6-4-12-9-30-21(28)16(12)17(14)24/h3-7,10,18,28H,8-9H2,1-2H3,(H,25,26). The number of hydrogen-bond donors (Lipinski definition) is 2. The van der Waals surface area contributed by atoms with E-state index in [-0.39, 0.29) is 23.2 Å². The number of hydrogen-bond acceptors (Lipinski definition) is 5. The number of amides is 1. The smallest absolute Gasteiger partial charge is 0.459 e. The molecule has 158 valence electrons. The van der Waals surface area contributed by atoms with Gasteiger partial charge in [0.25, 0.3) is 5.91 Å². The van der Waals surface area contributed by atoms with E-state index in [1.807, 2.05) is 0 Å². The molecule has 1 unspecified atom stereocenters. The second-order valence-corrected chi connectivity index (χ2v) is 7.20. The van der Waals surface area contributed by atoms with Crippen molar-refractivity contribution < 1.29 is 37.2 Å². The van der Waals surface area contributed by atoms with Crippen LogP contribution in [0.4, 0.5) is 13.2 Å². The van der Waals surface area contributed by atoms with Gasteiger partial charge in [-0.2, -0.15) is 0 Å². The maximum absolute atomic E-state index is 14.7. The molecule has 0 fully saturated rings. The van der Waals surface area contributed by atoms with Crippen molar-refractivity contribution in [3.63, 3.8) is 0 Å². The molecular formula is C20H19BF3NO5. The molecule has 1 heterocycles. The Morgan fingerprint density at radius 1 is 1.23 bits per heavy atom. The molecule has 0 aromatic heterocycles. The Kier molecular flexibility index (Phi) is 6.47. The predicted octanol–water partition coefficient (Wildman–Crippen LogP) is 1.82. The minimum atomic E-state index is -1.47. The molecule has 0 spiro atoms. The molecule has 10 heteroatoms. The Bertz CT molecular complexity index is 985. The van der Waals surface area contributed by atoms with Gasteiger partial charge in [-0.1, -0.05) is 19.9 Å². The Hall–Kier alpha value is -2.85. The zero-order valence-electron chi connectivity index (χ0n) is 16.2. The van der Waals surface area contributed by atoms with Crippen molar-refractivity contribution in [3.05, 3.63) is 64.5 Å². The highest BCUT2D eigenvalue weighted by Gasteiger charge is 2.34. The lowest BCUT2D eigenvalue weighted by molar-refractivity contribution is -0.148.